The van der Waals surface area contributed by atoms with Gasteiger partial charge in [0.15, 0.2) is 23.0 Å². The van der Waals surface area contributed by atoms with Gasteiger partial charge < -0.3 is 19.3 Å². The van der Waals surface area contributed by atoms with E-state index in [0.29, 0.717) is 0 Å². The molecule has 11 aromatic carbocycles. The summed E-state index contributed by atoms with van der Waals surface area (Å²) in [5.74, 6) is 3.25. The molecule has 2 aliphatic heterocycles. The van der Waals surface area contributed by atoms with Gasteiger partial charge in [0.1, 0.15) is 0 Å². The van der Waals surface area contributed by atoms with Crippen LogP contribution in [0.2, 0.25) is 0 Å². The fraction of sp³-hybridized carbons (Fsp3) is 0. The lowest BCUT2D eigenvalue weighted by atomic mass is 9.93. The Bertz CT molecular complexity index is 3550. The first kappa shape index (κ1) is 32.9. The summed E-state index contributed by atoms with van der Waals surface area (Å²) in [6.07, 6.45) is 0. The Morgan fingerprint density at radius 1 is 0.267 bits per heavy atom. The number of fused-ring (bicyclic) bond motifs is 13. The number of rotatable bonds is 3. The summed E-state index contributed by atoms with van der Waals surface area (Å²) in [5, 5.41) is 12.1. The molecule has 0 N–H and O–H groups in total. The first-order valence-electron chi connectivity index (χ1n) is 20.4. The van der Waals surface area contributed by atoms with Crippen LogP contribution in [-0.2, 0) is 0 Å². The highest BCUT2D eigenvalue weighted by molar-refractivity contribution is 6.26. The summed E-state index contributed by atoms with van der Waals surface area (Å²) >= 11 is 0. The molecule has 0 saturated carbocycles. The Morgan fingerprint density at radius 2 is 0.767 bits per heavy atom. The van der Waals surface area contributed by atoms with Gasteiger partial charge in [0, 0.05) is 16.5 Å². The molecule has 4 heteroatoms. The summed E-state index contributed by atoms with van der Waals surface area (Å²) in [4.78, 5) is 4.69. The minimum absolute atomic E-state index is 0.793. The molecule has 0 amide bonds. The normalized spacial score (nSPS) is 12.9. The summed E-state index contributed by atoms with van der Waals surface area (Å²) < 4.78 is 13.7. The fourth-order valence-electron chi connectivity index (χ4n) is 9.63. The highest BCUT2D eigenvalue weighted by Gasteiger charge is 2.30. The Balaban J connectivity index is 0.973. The molecule has 2 heterocycles. The van der Waals surface area contributed by atoms with Crippen LogP contribution < -0.4 is 19.3 Å². The highest BCUT2D eigenvalue weighted by Crippen LogP contribution is 2.56. The molecule has 2 aliphatic rings. The Morgan fingerprint density at radius 3 is 1.50 bits per heavy atom. The number of hydrogen-bond donors (Lipinski definition) is 0. The van der Waals surface area contributed by atoms with Gasteiger partial charge in [-0.05, 0) is 115 Å². The van der Waals surface area contributed by atoms with Crippen LogP contribution in [0.25, 0.3) is 65.0 Å². The Hall–Kier alpha value is -8.08. The maximum absolute atomic E-state index is 7.01. The average Bonchev–Trinajstić information content (AvgIpc) is 3.32. The van der Waals surface area contributed by atoms with Crippen molar-refractivity contribution in [3.63, 3.8) is 0 Å². The molecule has 0 aromatic heterocycles. The fourth-order valence-corrected chi connectivity index (χ4v) is 9.63. The molecule has 0 bridgehead atoms. The van der Waals surface area contributed by atoms with Gasteiger partial charge in [-0.25, -0.2) is 0 Å². The molecular formula is C56H34N2O2. The molecule has 0 aliphatic carbocycles. The molecular weight excluding hydrogens is 733 g/mol. The van der Waals surface area contributed by atoms with Crippen molar-refractivity contribution in [2.24, 2.45) is 0 Å². The molecule has 13 rings (SSSR count). The minimum Gasteiger partial charge on any atom is -0.453 e. The predicted octanol–water partition coefficient (Wildman–Crippen LogP) is 16.3. The summed E-state index contributed by atoms with van der Waals surface area (Å²) in [7, 11) is 0. The quantitative estimate of drug-likeness (QED) is 0.167. The van der Waals surface area contributed by atoms with E-state index in [-0.39, 0.29) is 0 Å². The highest BCUT2D eigenvalue weighted by atomic mass is 16.5. The van der Waals surface area contributed by atoms with Crippen LogP contribution in [-0.4, -0.2) is 0 Å². The van der Waals surface area contributed by atoms with Crippen molar-refractivity contribution in [2.45, 2.75) is 0 Å². The minimum atomic E-state index is 0.793. The van der Waals surface area contributed by atoms with Crippen LogP contribution in [0, 0.1) is 0 Å². The largest absolute Gasteiger partial charge is 0.453 e. The summed E-state index contributed by atoms with van der Waals surface area (Å²) in [5.41, 5.74) is 8.26. The van der Waals surface area contributed by atoms with E-state index in [1.165, 1.54) is 43.1 Å². The molecule has 0 unspecified atom stereocenters. The van der Waals surface area contributed by atoms with Crippen molar-refractivity contribution >= 4 is 88.0 Å². The third kappa shape index (κ3) is 4.85. The van der Waals surface area contributed by atoms with Gasteiger partial charge in [-0.2, -0.15) is 0 Å². The monoisotopic (exact) mass is 766 g/mol. The summed E-state index contributed by atoms with van der Waals surface area (Å²) in [6.45, 7) is 0. The number of anilines is 6. The molecule has 280 valence electrons. The van der Waals surface area contributed by atoms with Gasteiger partial charge in [-0.1, -0.05) is 146 Å². The van der Waals surface area contributed by atoms with Crippen molar-refractivity contribution in [1.82, 2.24) is 0 Å². The zero-order valence-corrected chi connectivity index (χ0v) is 32.3. The Kier molecular flexibility index (Phi) is 6.98. The molecule has 0 atom stereocenters. The van der Waals surface area contributed by atoms with Gasteiger partial charge >= 0.3 is 0 Å². The first-order chi connectivity index (χ1) is 29.7. The number of para-hydroxylation sites is 2. The lowest BCUT2D eigenvalue weighted by Gasteiger charge is -2.34. The second-order valence-electron chi connectivity index (χ2n) is 15.7. The second kappa shape index (κ2) is 12.7. The smallest absolute Gasteiger partial charge is 0.159 e. The van der Waals surface area contributed by atoms with E-state index in [2.05, 4.69) is 204 Å². The lowest BCUT2D eigenvalue weighted by molar-refractivity contribution is 0.477. The van der Waals surface area contributed by atoms with Crippen molar-refractivity contribution in [2.75, 3.05) is 9.80 Å². The van der Waals surface area contributed by atoms with Crippen LogP contribution >= 0.6 is 0 Å². The Labute approximate surface area is 346 Å². The number of benzene rings is 11. The van der Waals surface area contributed by atoms with E-state index in [0.717, 1.165) is 79.0 Å². The third-order valence-electron chi connectivity index (χ3n) is 12.4. The van der Waals surface area contributed by atoms with Crippen molar-refractivity contribution < 1.29 is 9.47 Å². The molecule has 0 spiro atoms. The number of nitrogens with zero attached hydrogens (tertiary/aromatic N) is 2. The zero-order valence-electron chi connectivity index (χ0n) is 32.3. The molecule has 4 nitrogen and oxygen atoms in total. The zero-order chi connectivity index (χ0) is 39.3. The molecule has 0 saturated heterocycles. The molecule has 11 aromatic rings. The number of hydrogen-bond acceptors (Lipinski definition) is 4. The molecule has 0 fully saturated rings. The maximum atomic E-state index is 7.01. The maximum Gasteiger partial charge on any atom is 0.159 e. The SMILES string of the molecule is c1ccc2c(c1)Oc1cc(-c3ccc4c(c3)Oc3c(ccc5ccccc35)N4c3ccc4c5ccccc5c5ccccc5c4c3)ccc1N2c1cccc2ccccc12. The van der Waals surface area contributed by atoms with Crippen LogP contribution in [0.3, 0.4) is 0 Å². The van der Waals surface area contributed by atoms with Crippen molar-refractivity contribution in [1.29, 1.82) is 0 Å². The predicted molar refractivity (Wildman–Crippen MR) is 249 cm³/mol. The van der Waals surface area contributed by atoms with E-state index >= 15 is 0 Å². The second-order valence-corrected chi connectivity index (χ2v) is 15.7. The first-order valence-corrected chi connectivity index (χ1v) is 20.4. The van der Waals surface area contributed by atoms with E-state index in [9.17, 15) is 0 Å². The van der Waals surface area contributed by atoms with E-state index in [1.807, 2.05) is 12.1 Å². The standard InChI is InChI=1S/C56H34N2O2/c1-3-15-40-35(12-1)14-11-22-48(40)58-49-21-9-10-23-53(49)59-54-32-37(26-30-51(54)58)38-25-29-50-55(33-38)60-56-41-16-4-2-13-36(41)24-31-52(56)57(50)39-27-28-46-44-19-6-5-17-42(44)43-18-7-8-20-45(43)47(46)34-39/h1-34H. The average molecular weight is 767 g/mol. The number of ether oxygens (including phenoxy) is 2. The van der Waals surface area contributed by atoms with Gasteiger partial charge in [0.25, 0.3) is 0 Å². The van der Waals surface area contributed by atoms with Crippen LogP contribution in [0.1, 0.15) is 0 Å². The van der Waals surface area contributed by atoms with Gasteiger partial charge in [-0.15, -0.1) is 0 Å². The summed E-state index contributed by atoms with van der Waals surface area (Å²) in [6, 6.07) is 73.7. The van der Waals surface area contributed by atoms with Crippen molar-refractivity contribution in [3.8, 4) is 34.1 Å². The van der Waals surface area contributed by atoms with Crippen LogP contribution in [0.15, 0.2) is 206 Å². The van der Waals surface area contributed by atoms with Crippen LogP contribution in [0.5, 0.6) is 23.0 Å². The van der Waals surface area contributed by atoms with E-state index in [1.54, 1.807) is 0 Å². The molecule has 0 radical (unpaired) electrons. The van der Waals surface area contributed by atoms with Gasteiger partial charge in [-0.3, -0.25) is 0 Å². The van der Waals surface area contributed by atoms with Gasteiger partial charge in [0.05, 0.1) is 28.4 Å². The lowest BCUT2D eigenvalue weighted by Crippen LogP contribution is -2.16. The van der Waals surface area contributed by atoms with E-state index < -0.39 is 0 Å². The van der Waals surface area contributed by atoms with E-state index in [4.69, 9.17) is 9.47 Å². The molecule has 60 heavy (non-hydrogen) atoms. The van der Waals surface area contributed by atoms with Gasteiger partial charge in [0.2, 0.25) is 0 Å². The topological polar surface area (TPSA) is 24.9 Å². The van der Waals surface area contributed by atoms with Crippen molar-refractivity contribution in [3.05, 3.63) is 206 Å². The third-order valence-corrected chi connectivity index (χ3v) is 12.4. The van der Waals surface area contributed by atoms with Crippen LogP contribution in [0.4, 0.5) is 34.1 Å².